The van der Waals surface area contributed by atoms with Gasteiger partial charge in [-0.05, 0) is 12.1 Å². The van der Waals surface area contributed by atoms with E-state index in [1.165, 1.54) is 12.1 Å². The molecule has 1 aromatic carbocycles. The van der Waals surface area contributed by atoms with Gasteiger partial charge in [-0.25, -0.2) is 17.9 Å². The van der Waals surface area contributed by atoms with Crippen molar-refractivity contribution in [3.63, 3.8) is 0 Å². The van der Waals surface area contributed by atoms with Gasteiger partial charge in [0, 0.05) is 0 Å². The number of amides is 2. The van der Waals surface area contributed by atoms with Gasteiger partial charge < -0.3 is 5.32 Å². The number of nitrogens with one attached hydrogen (secondary N) is 2. The van der Waals surface area contributed by atoms with Crippen LogP contribution in [0, 0.1) is 0 Å². The molecule has 1 aromatic rings. The molecule has 0 saturated heterocycles. The predicted octanol–water partition coefficient (Wildman–Crippen LogP) is 2.07. The molecule has 0 aliphatic heterocycles. The maximum Gasteiger partial charge on any atom is 0.332 e. The molecule has 0 spiro atoms. The van der Waals surface area contributed by atoms with Crippen LogP contribution in [0.3, 0.4) is 0 Å². The fourth-order valence-electron chi connectivity index (χ4n) is 0.925. The van der Waals surface area contributed by atoms with Crippen LogP contribution in [0.15, 0.2) is 18.2 Å². The number of hydrogen-bond donors (Lipinski definition) is 2. The Hall–Kier alpha value is -0.980. The van der Waals surface area contributed by atoms with Crippen molar-refractivity contribution in [3.8, 4) is 0 Å². The third kappa shape index (κ3) is 3.88. The van der Waals surface area contributed by atoms with Crippen molar-refractivity contribution in [2.75, 3.05) is 11.6 Å². The minimum Gasteiger partial charge on any atom is -0.304 e. The van der Waals surface area contributed by atoms with E-state index in [4.69, 9.17) is 23.2 Å². The van der Waals surface area contributed by atoms with Crippen LogP contribution in [-0.4, -0.2) is 20.7 Å². The van der Waals surface area contributed by atoms with E-state index in [0.717, 1.165) is 6.26 Å². The number of carbonyl (C=O) groups excluding carboxylic acids is 1. The molecule has 0 bridgehead atoms. The van der Waals surface area contributed by atoms with E-state index in [0.29, 0.717) is 0 Å². The van der Waals surface area contributed by atoms with E-state index < -0.39 is 16.1 Å². The molecular formula is C8H8Cl2N2O3S. The summed E-state index contributed by atoms with van der Waals surface area (Å²) in [5, 5.41) is 2.68. The Labute approximate surface area is 103 Å². The maximum atomic E-state index is 11.2. The monoisotopic (exact) mass is 282 g/mol. The second-order valence-corrected chi connectivity index (χ2v) is 5.49. The van der Waals surface area contributed by atoms with Gasteiger partial charge in [0.1, 0.15) is 0 Å². The smallest absolute Gasteiger partial charge is 0.304 e. The maximum absolute atomic E-state index is 11.2. The van der Waals surface area contributed by atoms with Crippen molar-refractivity contribution in [2.45, 2.75) is 0 Å². The summed E-state index contributed by atoms with van der Waals surface area (Å²) in [5.41, 5.74) is 0.159. The number of urea groups is 1. The molecule has 0 fully saturated rings. The van der Waals surface area contributed by atoms with E-state index in [1.54, 1.807) is 10.8 Å². The first-order chi connectivity index (χ1) is 7.29. The molecule has 0 heterocycles. The molecule has 0 aliphatic rings. The number of para-hydroxylation sites is 1. The first-order valence-electron chi connectivity index (χ1n) is 4.02. The molecule has 0 atom stereocenters. The van der Waals surface area contributed by atoms with Crippen LogP contribution in [0.5, 0.6) is 0 Å². The number of rotatable bonds is 2. The van der Waals surface area contributed by atoms with Gasteiger partial charge in [0.25, 0.3) is 0 Å². The van der Waals surface area contributed by atoms with Crippen molar-refractivity contribution in [1.29, 1.82) is 0 Å². The van der Waals surface area contributed by atoms with Crippen LogP contribution < -0.4 is 10.0 Å². The highest BCUT2D eigenvalue weighted by Gasteiger charge is 2.12. The van der Waals surface area contributed by atoms with Gasteiger partial charge in [0.15, 0.2) is 0 Å². The van der Waals surface area contributed by atoms with E-state index in [1.807, 2.05) is 0 Å². The summed E-state index contributed by atoms with van der Waals surface area (Å²) >= 11 is 11.5. The molecule has 2 N–H and O–H groups in total. The summed E-state index contributed by atoms with van der Waals surface area (Å²) in [6.07, 6.45) is 0.862. The summed E-state index contributed by atoms with van der Waals surface area (Å²) in [6.45, 7) is 0. The summed E-state index contributed by atoms with van der Waals surface area (Å²) < 4.78 is 23.3. The Bertz CT molecular complexity index is 496. The second-order valence-electron chi connectivity index (χ2n) is 2.93. The van der Waals surface area contributed by atoms with Crippen LogP contribution in [-0.2, 0) is 10.0 Å². The average molecular weight is 283 g/mol. The number of hydrogen-bond acceptors (Lipinski definition) is 3. The Kier molecular flexibility index (Phi) is 4.01. The number of halogens is 2. The first kappa shape index (κ1) is 13.1. The molecule has 0 radical (unpaired) electrons. The van der Waals surface area contributed by atoms with Gasteiger partial charge in [0.05, 0.1) is 22.0 Å². The van der Waals surface area contributed by atoms with E-state index in [2.05, 4.69) is 5.32 Å². The minimum atomic E-state index is -3.62. The Balaban J connectivity index is 2.86. The lowest BCUT2D eigenvalue weighted by atomic mass is 10.3. The zero-order valence-electron chi connectivity index (χ0n) is 8.12. The summed E-state index contributed by atoms with van der Waals surface area (Å²) in [4.78, 5) is 11.2. The fourth-order valence-corrected chi connectivity index (χ4v) is 1.80. The van der Waals surface area contributed by atoms with E-state index in [9.17, 15) is 13.2 Å². The molecule has 0 saturated carbocycles. The molecule has 1 rings (SSSR count). The van der Waals surface area contributed by atoms with Crippen molar-refractivity contribution in [3.05, 3.63) is 28.2 Å². The van der Waals surface area contributed by atoms with Crippen LogP contribution in [0.25, 0.3) is 0 Å². The summed E-state index contributed by atoms with van der Waals surface area (Å²) in [5.74, 6) is 0. The lowest BCUT2D eigenvalue weighted by molar-refractivity contribution is 0.256. The van der Waals surface area contributed by atoms with Crippen LogP contribution in [0.2, 0.25) is 10.0 Å². The number of sulfonamides is 1. The molecular weight excluding hydrogens is 275 g/mol. The molecule has 88 valence electrons. The standard InChI is InChI=1S/C8H8Cl2N2O3S/c1-16(14,15)12-8(13)11-7-5(9)3-2-4-6(7)10/h2-4H,1H3,(H2,11,12,13). The Morgan fingerprint density at radius 2 is 1.75 bits per heavy atom. The summed E-state index contributed by atoms with van der Waals surface area (Å²) in [6, 6.07) is 3.72. The average Bonchev–Trinajstić information content (AvgIpc) is 2.08. The zero-order valence-corrected chi connectivity index (χ0v) is 10.4. The Morgan fingerprint density at radius 1 is 1.25 bits per heavy atom. The highest BCUT2D eigenvalue weighted by atomic mass is 35.5. The van der Waals surface area contributed by atoms with Crippen molar-refractivity contribution in [2.24, 2.45) is 0 Å². The molecule has 0 unspecified atom stereocenters. The van der Waals surface area contributed by atoms with Crippen LogP contribution in [0.1, 0.15) is 0 Å². The van der Waals surface area contributed by atoms with Gasteiger partial charge in [-0.2, -0.15) is 0 Å². The highest BCUT2D eigenvalue weighted by Crippen LogP contribution is 2.29. The van der Waals surface area contributed by atoms with Crippen LogP contribution >= 0.6 is 23.2 Å². The minimum absolute atomic E-state index is 0.159. The number of carbonyl (C=O) groups is 1. The summed E-state index contributed by atoms with van der Waals surface area (Å²) in [7, 11) is -3.62. The SMILES string of the molecule is CS(=O)(=O)NC(=O)Nc1c(Cl)cccc1Cl. The van der Waals surface area contributed by atoms with Gasteiger partial charge >= 0.3 is 6.03 Å². The third-order valence-corrected chi connectivity index (χ3v) is 2.67. The topological polar surface area (TPSA) is 75.3 Å². The Morgan fingerprint density at radius 3 is 2.19 bits per heavy atom. The predicted molar refractivity (Wildman–Crippen MR) is 63.5 cm³/mol. The normalized spacial score (nSPS) is 10.9. The molecule has 0 aromatic heterocycles. The first-order valence-corrected chi connectivity index (χ1v) is 6.67. The lowest BCUT2D eigenvalue weighted by Gasteiger charge is -2.09. The molecule has 8 heteroatoms. The fraction of sp³-hybridized carbons (Fsp3) is 0.125. The van der Waals surface area contributed by atoms with E-state index >= 15 is 0 Å². The third-order valence-electron chi connectivity index (χ3n) is 1.48. The van der Waals surface area contributed by atoms with E-state index in [-0.39, 0.29) is 15.7 Å². The molecule has 5 nitrogen and oxygen atoms in total. The van der Waals surface area contributed by atoms with Gasteiger partial charge in [0.2, 0.25) is 10.0 Å². The van der Waals surface area contributed by atoms with Gasteiger partial charge in [-0.1, -0.05) is 29.3 Å². The molecule has 0 aliphatic carbocycles. The lowest BCUT2D eigenvalue weighted by Crippen LogP contribution is -2.33. The number of benzene rings is 1. The van der Waals surface area contributed by atoms with Crippen molar-refractivity contribution in [1.82, 2.24) is 4.72 Å². The van der Waals surface area contributed by atoms with Gasteiger partial charge in [-0.15, -0.1) is 0 Å². The zero-order chi connectivity index (χ0) is 12.3. The van der Waals surface area contributed by atoms with Crippen molar-refractivity contribution < 1.29 is 13.2 Å². The largest absolute Gasteiger partial charge is 0.332 e. The molecule has 16 heavy (non-hydrogen) atoms. The second kappa shape index (κ2) is 4.90. The quantitative estimate of drug-likeness (QED) is 0.872. The van der Waals surface area contributed by atoms with Crippen molar-refractivity contribution >= 4 is 44.9 Å². The molecule has 2 amide bonds. The van der Waals surface area contributed by atoms with Crippen LogP contribution in [0.4, 0.5) is 10.5 Å². The highest BCUT2D eigenvalue weighted by molar-refractivity contribution is 7.89. The van der Waals surface area contributed by atoms with Gasteiger partial charge in [-0.3, -0.25) is 0 Å². The number of anilines is 1.